The number of hydrogen-bond acceptors (Lipinski definition) is 6. The number of carbonyl (C=O) groups is 1. The highest BCUT2D eigenvalue weighted by Gasteiger charge is 2.42. The summed E-state index contributed by atoms with van der Waals surface area (Å²) in [5.41, 5.74) is 0.593. The fourth-order valence-electron chi connectivity index (χ4n) is 3.67. The fourth-order valence-corrected chi connectivity index (χ4v) is 3.67. The fraction of sp³-hybridized carbons (Fsp3) is 0.684. The van der Waals surface area contributed by atoms with Gasteiger partial charge in [0.15, 0.2) is 0 Å². The molecule has 0 spiro atoms. The van der Waals surface area contributed by atoms with Crippen LogP contribution in [-0.2, 0) is 19.8 Å². The van der Waals surface area contributed by atoms with E-state index in [2.05, 4.69) is 9.88 Å². The summed E-state index contributed by atoms with van der Waals surface area (Å²) in [6.07, 6.45) is 2.62. The molecule has 2 atom stereocenters. The summed E-state index contributed by atoms with van der Waals surface area (Å²) >= 11 is 0. The number of esters is 1. The van der Waals surface area contributed by atoms with Crippen molar-refractivity contribution in [1.82, 2.24) is 4.98 Å². The number of carbonyl (C=O) groups excluding carboxylic acids is 1. The Morgan fingerprint density at radius 2 is 1.96 bits per heavy atom. The highest BCUT2D eigenvalue weighted by molar-refractivity contribution is 5.99. The maximum Gasteiger partial charge on any atom is 0.343 e. The van der Waals surface area contributed by atoms with Crippen LogP contribution in [0.15, 0.2) is 12.3 Å². The van der Waals surface area contributed by atoms with Gasteiger partial charge in [-0.05, 0) is 40.7 Å². The summed E-state index contributed by atoms with van der Waals surface area (Å²) in [4.78, 5) is 19.1. The van der Waals surface area contributed by atoms with E-state index in [0.29, 0.717) is 24.5 Å². The van der Waals surface area contributed by atoms with Crippen molar-refractivity contribution < 1.29 is 19.0 Å². The van der Waals surface area contributed by atoms with Crippen molar-refractivity contribution in [3.05, 3.63) is 23.4 Å². The van der Waals surface area contributed by atoms with Crippen LogP contribution in [0.3, 0.4) is 0 Å². The Kier molecular flexibility index (Phi) is 4.54. The minimum Gasteiger partial charge on any atom is -0.451 e. The average molecular weight is 348 g/mol. The molecule has 6 nitrogen and oxygen atoms in total. The van der Waals surface area contributed by atoms with Crippen LogP contribution in [0.2, 0.25) is 0 Å². The van der Waals surface area contributed by atoms with Crippen molar-refractivity contribution in [2.45, 2.75) is 64.4 Å². The molecule has 0 unspecified atom stereocenters. The topological polar surface area (TPSA) is 60.9 Å². The number of cyclic esters (lactones) is 1. The molecule has 0 amide bonds. The van der Waals surface area contributed by atoms with Crippen molar-refractivity contribution >= 4 is 11.8 Å². The third-order valence-corrected chi connectivity index (χ3v) is 4.66. The summed E-state index contributed by atoms with van der Waals surface area (Å²) in [6, 6.07) is 1.87. The van der Waals surface area contributed by atoms with Crippen LogP contribution in [0, 0.1) is 0 Å². The van der Waals surface area contributed by atoms with Crippen molar-refractivity contribution in [3.63, 3.8) is 0 Å². The molecule has 1 fully saturated rings. The Morgan fingerprint density at radius 1 is 1.28 bits per heavy atom. The number of methoxy groups -OCH3 is 1. The normalized spacial score (nSPS) is 25.7. The average Bonchev–Trinajstić information content (AvgIpc) is 2.75. The van der Waals surface area contributed by atoms with Crippen molar-refractivity contribution in [2.75, 3.05) is 25.1 Å². The molecule has 0 bridgehead atoms. The second-order valence-electron chi connectivity index (χ2n) is 8.31. The highest BCUT2D eigenvalue weighted by Crippen LogP contribution is 2.40. The summed E-state index contributed by atoms with van der Waals surface area (Å²) in [7, 11) is 1.71. The van der Waals surface area contributed by atoms with Gasteiger partial charge >= 0.3 is 5.97 Å². The Labute approximate surface area is 149 Å². The molecule has 1 aromatic rings. The van der Waals surface area contributed by atoms with Gasteiger partial charge in [0.1, 0.15) is 17.0 Å². The monoisotopic (exact) mass is 348 g/mol. The molecule has 3 rings (SSSR count). The number of aromatic nitrogens is 1. The molecule has 2 aliphatic heterocycles. The quantitative estimate of drug-likeness (QED) is 0.783. The first-order valence-electron chi connectivity index (χ1n) is 8.79. The zero-order chi connectivity index (χ0) is 18.4. The molecule has 1 aromatic heterocycles. The maximum atomic E-state index is 12.5. The predicted octanol–water partition coefficient (Wildman–Crippen LogP) is 2.90. The predicted molar refractivity (Wildman–Crippen MR) is 94.9 cm³/mol. The lowest BCUT2D eigenvalue weighted by atomic mass is 9.96. The minimum absolute atomic E-state index is 0.0155. The molecule has 6 heteroatoms. The molecule has 138 valence electrons. The molecule has 0 radical (unpaired) electrons. The summed E-state index contributed by atoms with van der Waals surface area (Å²) in [5.74, 6) is 0.355. The van der Waals surface area contributed by atoms with Crippen molar-refractivity contribution in [1.29, 1.82) is 0 Å². The molecule has 0 aromatic carbocycles. The number of ether oxygens (including phenoxy) is 3. The summed E-state index contributed by atoms with van der Waals surface area (Å²) in [6.45, 7) is 11.3. The number of nitrogens with zero attached hydrogens (tertiary/aromatic N) is 2. The standard InChI is InChI=1S/C19H28N2O4/c1-18(2,3)24-13-9-12(23-6)10-21(11-13)16-15-14(7-8-20-16)19(4,5)25-17(15)22/h7-8,12-13H,9-11H2,1-6H3/t12-,13-/m1/s1. The van der Waals surface area contributed by atoms with Gasteiger partial charge in [-0.15, -0.1) is 0 Å². The Morgan fingerprint density at radius 3 is 2.60 bits per heavy atom. The third kappa shape index (κ3) is 3.65. The molecule has 0 N–H and O–H groups in total. The Bertz CT molecular complexity index is 666. The van der Waals surface area contributed by atoms with Crippen LogP contribution in [0.1, 0.15) is 57.0 Å². The van der Waals surface area contributed by atoms with Crippen molar-refractivity contribution in [2.24, 2.45) is 0 Å². The van der Waals surface area contributed by atoms with Crippen molar-refractivity contribution in [3.8, 4) is 0 Å². The number of pyridine rings is 1. The number of piperidine rings is 1. The lowest BCUT2D eigenvalue weighted by molar-refractivity contribution is -0.0849. The van der Waals surface area contributed by atoms with E-state index in [9.17, 15) is 4.79 Å². The minimum atomic E-state index is -0.623. The third-order valence-electron chi connectivity index (χ3n) is 4.66. The molecule has 25 heavy (non-hydrogen) atoms. The first kappa shape index (κ1) is 18.1. The van der Waals surface area contributed by atoms with Gasteiger partial charge in [0.05, 0.1) is 17.8 Å². The van der Waals surface area contributed by atoms with Gasteiger partial charge in [-0.2, -0.15) is 0 Å². The Balaban J connectivity index is 1.93. The lowest BCUT2D eigenvalue weighted by Crippen LogP contribution is -2.50. The second-order valence-corrected chi connectivity index (χ2v) is 8.31. The van der Waals surface area contributed by atoms with Gasteiger partial charge in [0, 0.05) is 38.4 Å². The van der Waals surface area contributed by atoms with Crippen LogP contribution in [0.25, 0.3) is 0 Å². The smallest absolute Gasteiger partial charge is 0.343 e. The van der Waals surface area contributed by atoms with Gasteiger partial charge in [-0.25, -0.2) is 9.78 Å². The summed E-state index contributed by atoms with van der Waals surface area (Å²) < 4.78 is 17.3. The van der Waals surface area contributed by atoms with Gasteiger partial charge < -0.3 is 19.1 Å². The van der Waals surface area contributed by atoms with Gasteiger partial charge in [-0.3, -0.25) is 0 Å². The van der Waals surface area contributed by atoms with Crippen LogP contribution in [-0.4, -0.2) is 49.0 Å². The molecule has 0 aliphatic carbocycles. The van der Waals surface area contributed by atoms with E-state index in [0.717, 1.165) is 12.0 Å². The van der Waals surface area contributed by atoms with Crippen LogP contribution in [0.4, 0.5) is 5.82 Å². The molecular formula is C19H28N2O4. The zero-order valence-corrected chi connectivity index (χ0v) is 16.0. The van der Waals surface area contributed by atoms with E-state index >= 15 is 0 Å². The largest absolute Gasteiger partial charge is 0.451 e. The number of rotatable bonds is 3. The highest BCUT2D eigenvalue weighted by atomic mass is 16.6. The van der Waals surface area contributed by atoms with Crippen LogP contribution < -0.4 is 4.90 Å². The SMILES string of the molecule is CO[C@@H]1C[C@@H](OC(C)(C)C)CN(c2nccc3c2C(=O)OC3(C)C)C1. The molecule has 3 heterocycles. The van der Waals surface area contributed by atoms with E-state index in [1.807, 2.05) is 40.7 Å². The molecule has 2 aliphatic rings. The first-order valence-corrected chi connectivity index (χ1v) is 8.79. The van der Waals surface area contributed by atoms with Gasteiger partial charge in [-0.1, -0.05) is 0 Å². The Hall–Kier alpha value is -1.66. The van der Waals surface area contributed by atoms with E-state index in [1.165, 1.54) is 0 Å². The molecular weight excluding hydrogens is 320 g/mol. The lowest BCUT2D eigenvalue weighted by Gasteiger charge is -2.40. The summed E-state index contributed by atoms with van der Waals surface area (Å²) in [5, 5.41) is 0. The first-order chi connectivity index (χ1) is 11.6. The number of hydrogen-bond donors (Lipinski definition) is 0. The molecule has 1 saturated heterocycles. The van der Waals surface area contributed by atoms with E-state index in [1.54, 1.807) is 13.3 Å². The van der Waals surface area contributed by atoms with Gasteiger partial charge in [0.2, 0.25) is 0 Å². The van der Waals surface area contributed by atoms with E-state index in [4.69, 9.17) is 14.2 Å². The van der Waals surface area contributed by atoms with Crippen LogP contribution >= 0.6 is 0 Å². The van der Waals surface area contributed by atoms with Crippen LogP contribution in [0.5, 0.6) is 0 Å². The second kappa shape index (κ2) is 6.25. The maximum absolute atomic E-state index is 12.5. The van der Waals surface area contributed by atoms with Gasteiger partial charge in [0.25, 0.3) is 0 Å². The number of fused-ring (bicyclic) bond motifs is 1. The van der Waals surface area contributed by atoms with E-state index in [-0.39, 0.29) is 23.8 Å². The number of anilines is 1. The molecule has 0 saturated carbocycles. The van der Waals surface area contributed by atoms with E-state index < -0.39 is 5.60 Å². The zero-order valence-electron chi connectivity index (χ0n) is 16.0.